The number of halogens is 1. The summed E-state index contributed by atoms with van der Waals surface area (Å²) < 4.78 is 13.2. The Morgan fingerprint density at radius 3 is 1.02 bits per heavy atom. The van der Waals surface area contributed by atoms with Crippen LogP contribution in [0.2, 0.25) is 19.6 Å². The van der Waals surface area contributed by atoms with E-state index < -0.39 is 22.8 Å². The number of benzene rings is 12. The van der Waals surface area contributed by atoms with Crippen LogP contribution in [-0.2, 0) is 0 Å². The minimum atomic E-state index is -1.48. The van der Waals surface area contributed by atoms with Gasteiger partial charge in [0, 0.05) is 101 Å². The van der Waals surface area contributed by atoms with E-state index in [9.17, 15) is 64.2 Å². The first-order valence-electron chi connectivity index (χ1n) is 45.9. The molecule has 0 spiro atoms. The second kappa shape index (κ2) is 43.2. The number of nitrogens with one attached hydrogen (secondary N) is 6. The number of pyridine rings is 6. The number of nitrogens with zero attached hydrogens (tertiary/aromatic N) is 5. The van der Waals surface area contributed by atoms with Gasteiger partial charge in [-0.05, 0) is 207 Å². The summed E-state index contributed by atoms with van der Waals surface area (Å²) in [5, 5.41) is 51.7. The molecule has 7 N–H and O–H groups in total. The highest BCUT2D eigenvalue weighted by Crippen LogP contribution is 2.42. The Bertz CT molecular complexity index is 8670. The molecule has 0 atom stereocenters. The number of anilines is 1. The maximum atomic E-state index is 12.8. The average Bonchev–Trinajstić information content (AvgIpc) is 1.75. The van der Waals surface area contributed by atoms with Crippen molar-refractivity contribution < 1.29 is 29.4 Å². The second-order valence-electron chi connectivity index (χ2n) is 35.9. The van der Waals surface area contributed by atoms with Crippen molar-refractivity contribution in [1.29, 1.82) is 0 Å². The van der Waals surface area contributed by atoms with Gasteiger partial charge >= 0.3 is 17.1 Å². The molecule has 0 bridgehead atoms. The van der Waals surface area contributed by atoms with Gasteiger partial charge in [-0.3, -0.25) is 59.1 Å². The number of aromatic amines is 6. The first-order valence-corrected chi connectivity index (χ1v) is 50.2. The van der Waals surface area contributed by atoms with Crippen molar-refractivity contribution in [2.45, 2.75) is 87.4 Å². The third kappa shape index (κ3) is 22.6. The van der Waals surface area contributed by atoms with E-state index in [0.29, 0.717) is 82.2 Å². The number of hydrogen-bond acceptors (Lipinski definition) is 16. The summed E-state index contributed by atoms with van der Waals surface area (Å²) >= 11 is 3.32. The number of aromatic nitrogens is 7. The van der Waals surface area contributed by atoms with Crippen LogP contribution in [0.3, 0.4) is 0 Å². The lowest BCUT2D eigenvalue weighted by Crippen LogP contribution is -2.31. The fourth-order valence-electron chi connectivity index (χ4n) is 17.1. The summed E-state index contributed by atoms with van der Waals surface area (Å²) in [7, 11) is 1.69. The van der Waals surface area contributed by atoms with E-state index in [2.05, 4.69) is 131 Å². The van der Waals surface area contributed by atoms with Gasteiger partial charge in [0.2, 0.25) is 0 Å². The molecule has 1 saturated heterocycles. The summed E-state index contributed by atoms with van der Waals surface area (Å²) in [6.07, 6.45) is 13.0. The zero-order valence-corrected chi connectivity index (χ0v) is 83.0. The smallest absolute Gasteiger partial charge is 0.301 e. The maximum absolute atomic E-state index is 12.8. The van der Waals surface area contributed by atoms with E-state index in [1.54, 1.807) is 141 Å². The molecule has 0 amide bonds. The lowest BCUT2D eigenvalue weighted by Gasteiger charge is -2.31. The molecular formula is C115H100BrN11O15Si. The van der Waals surface area contributed by atoms with Crippen LogP contribution in [0.15, 0.2) is 313 Å². The number of fused-ring (bicyclic) bond motifs is 6. The van der Waals surface area contributed by atoms with E-state index >= 15 is 0 Å². The minimum Gasteiger partial charge on any atom is -0.505 e. The fraction of sp³-hybridized carbons (Fsp3) is 0.148. The van der Waals surface area contributed by atoms with Crippen molar-refractivity contribution in [3.63, 3.8) is 0 Å². The summed E-state index contributed by atoms with van der Waals surface area (Å²) in [5.41, 5.74) is 19.7. The molecule has 7 aromatic heterocycles. The third-order valence-corrected chi connectivity index (χ3v) is 25.7. The third-order valence-electron chi connectivity index (χ3n) is 24.3. The lowest BCUT2D eigenvalue weighted by atomic mass is 9.99. The van der Waals surface area contributed by atoms with Crippen molar-refractivity contribution in [3.05, 3.63) is 426 Å². The van der Waals surface area contributed by atoms with Gasteiger partial charge in [0.25, 0.3) is 33.4 Å². The van der Waals surface area contributed by atoms with Gasteiger partial charge in [-0.15, -0.1) is 12.0 Å². The van der Waals surface area contributed by atoms with Gasteiger partial charge in [-0.1, -0.05) is 214 Å². The van der Waals surface area contributed by atoms with Crippen LogP contribution >= 0.6 is 15.9 Å². The molecule has 1 fully saturated rings. The normalized spacial score (nSPS) is 11.5. The first-order chi connectivity index (χ1) is 68.5. The van der Waals surface area contributed by atoms with Crippen LogP contribution < -0.4 is 47.7 Å². The SMILES string of the molecule is C#Cc1ccc(-c2[nH]c(=O)c3cc(C)ccc3c2[N+](=O)[O-])cc1.COc1ccc(-c2[nH]c(=O)c3cc(C)ccc3c2-n2cccc2)cc1.COc1ccc2c(O)c(-c3ccc(C)cc3)[nH]c(=O)c2c1.Cc1ccc(-c2[nH]c(=O)c3cc(C)ccc3c2N2CCCCC2)cc1.Cc1ccc2c([N+](=O)[O-])c(-c3ccc(Br)cc3)[nH]c(=O)c2c1.Cc1ccc2c([N+](=O)[O-])c(-c3ccc(C#C[Si](C)(C)C)cc3)[nH]c(=O)c2c1. The minimum absolute atomic E-state index is 0.00460. The molecule has 0 saturated carbocycles. The van der Waals surface area contributed by atoms with Gasteiger partial charge < -0.3 is 54.0 Å². The van der Waals surface area contributed by atoms with E-state index in [1.165, 1.54) is 37.6 Å². The van der Waals surface area contributed by atoms with Crippen LogP contribution in [0.25, 0.3) is 138 Å². The quantitative estimate of drug-likeness (QED) is 0.0244. The fourth-order valence-corrected chi connectivity index (χ4v) is 17.9. The van der Waals surface area contributed by atoms with Crippen molar-refractivity contribution in [3.8, 4) is 114 Å². The molecule has 28 heteroatoms. The molecule has 0 unspecified atom stereocenters. The standard InChI is InChI=1S/C22H24N2O.C21H20N2O3Si.C21H18N2O2.C18H12N2O3.C17H15NO3.C16H11BrN2O3/c1-15-6-9-17(10-7-15)20-21(24-12-4-3-5-13-24)18-11-8-16(2)14-19(18)22(25)23-20;1-14-5-10-17-18(13-14)21(24)22-19(20(17)23(25)26)16-8-6-15(7-9-16)11-12-27(2,3)4;1-14-5-10-17-18(13-14)21(24)22-19(20(17)23-11-3-4-12-23)15-6-8-16(25-2)9-7-15;1-3-12-5-7-13(8-6-12)16-17(20(22)23)14-9-4-11(2)10-15(14)18(21)19-16;1-10-3-5-11(6-4-10)15-16(19)13-8-7-12(21-2)9-14(13)17(20)18-15;1-9-2-7-12-13(8-9)16(20)18-14(15(12)19(21)22)10-3-5-11(17)6-4-10/h6-11,14H,3-5,12-13H2,1-2H3,(H,23,25);5-10,13H,1-4H3,(H,22,24);3-13H,1-2H3,(H,22,24);1,4-10H,2H3,(H,19,21);3-9,19H,1-2H3,(H,18,20);2-8H,1H3,(H,18,20). The maximum Gasteiger partial charge on any atom is 0.301 e. The van der Waals surface area contributed by atoms with E-state index in [0.717, 1.165) is 112 Å². The van der Waals surface area contributed by atoms with E-state index in [1.807, 2.05) is 156 Å². The lowest BCUT2D eigenvalue weighted by molar-refractivity contribution is -0.382. The highest BCUT2D eigenvalue weighted by molar-refractivity contribution is 9.10. The summed E-state index contributed by atoms with van der Waals surface area (Å²) in [6, 6.07) is 80.9. The monoisotopic (exact) mass is 1980 g/mol. The highest BCUT2D eigenvalue weighted by atomic mass is 79.9. The number of piperidine rings is 1. The number of terminal acetylenes is 1. The van der Waals surface area contributed by atoms with E-state index in [4.69, 9.17) is 15.9 Å². The Balaban J connectivity index is 0.000000130. The van der Waals surface area contributed by atoms with Gasteiger partial charge in [-0.25, -0.2) is 0 Å². The predicted octanol–water partition coefficient (Wildman–Crippen LogP) is 24.5. The van der Waals surface area contributed by atoms with Crippen LogP contribution in [0.1, 0.15) is 69.3 Å². The van der Waals surface area contributed by atoms with Crippen molar-refractivity contribution in [2.24, 2.45) is 0 Å². The highest BCUT2D eigenvalue weighted by Gasteiger charge is 2.29. The number of hydrogen-bond donors (Lipinski definition) is 7. The molecule has 12 aromatic carbocycles. The summed E-state index contributed by atoms with van der Waals surface area (Å²) in [5.74, 6) is 7.07. The number of ether oxygens (including phenoxy) is 2. The molecule has 1 aliphatic rings. The molecule has 8 heterocycles. The van der Waals surface area contributed by atoms with Gasteiger partial charge in [0.15, 0.2) is 0 Å². The van der Waals surface area contributed by atoms with E-state index in [-0.39, 0.29) is 73.2 Å². The largest absolute Gasteiger partial charge is 0.505 e. The Morgan fingerprint density at radius 1 is 0.350 bits per heavy atom. The Morgan fingerprint density at radius 2 is 0.643 bits per heavy atom. The molecule has 0 aliphatic carbocycles. The van der Waals surface area contributed by atoms with Crippen LogP contribution in [0.4, 0.5) is 22.7 Å². The number of methoxy groups -OCH3 is 2. The van der Waals surface area contributed by atoms with Gasteiger partial charge in [0.1, 0.15) is 42.4 Å². The zero-order valence-electron chi connectivity index (χ0n) is 80.4. The number of H-pyrrole nitrogens is 6. The van der Waals surface area contributed by atoms with Gasteiger partial charge in [0.05, 0.1) is 95.1 Å². The molecule has 20 rings (SSSR count). The Hall–Kier alpha value is -17.6. The van der Waals surface area contributed by atoms with Crippen LogP contribution in [0, 0.1) is 103 Å². The van der Waals surface area contributed by atoms with Crippen LogP contribution in [-0.4, -0.2) is 89.7 Å². The molecule has 19 aromatic rings. The topological polar surface area (TPSA) is 373 Å². The molecule has 26 nitrogen and oxygen atoms in total. The predicted molar refractivity (Wildman–Crippen MR) is 579 cm³/mol. The number of nitro groups is 3. The molecular weight excluding hydrogens is 1880 g/mol. The summed E-state index contributed by atoms with van der Waals surface area (Å²) in [4.78, 5) is 128. The first kappa shape index (κ1) is 99.9. The number of aryl methyl sites for hydroxylation is 7. The summed E-state index contributed by atoms with van der Waals surface area (Å²) in [6.45, 7) is 22.2. The van der Waals surface area contributed by atoms with Crippen molar-refractivity contribution in [1.82, 2.24) is 34.5 Å². The van der Waals surface area contributed by atoms with Gasteiger partial charge in [-0.2, -0.15) is 0 Å². The molecule has 716 valence electrons. The second-order valence-corrected chi connectivity index (χ2v) is 41.6. The number of rotatable bonds is 13. The van der Waals surface area contributed by atoms with Crippen molar-refractivity contribution in [2.75, 3.05) is 32.2 Å². The molecule has 0 radical (unpaired) electrons. The number of aromatic hydroxyl groups is 1. The Kier molecular flexibility index (Phi) is 30.2. The van der Waals surface area contributed by atoms with Crippen LogP contribution in [0.5, 0.6) is 17.2 Å². The average molecular weight is 1980 g/mol. The zero-order chi connectivity index (χ0) is 102. The Labute approximate surface area is 830 Å². The molecule has 1 aliphatic heterocycles. The van der Waals surface area contributed by atoms with Crippen molar-refractivity contribution >= 4 is 111 Å². The molecule has 143 heavy (non-hydrogen) atoms.